The highest BCUT2D eigenvalue weighted by molar-refractivity contribution is 4.82. The molecule has 1 atom stereocenters. The van der Waals surface area contributed by atoms with Gasteiger partial charge in [-0.2, -0.15) is 5.10 Å². The van der Waals surface area contributed by atoms with Crippen LogP contribution < -0.4 is 5.32 Å². The summed E-state index contributed by atoms with van der Waals surface area (Å²) in [6.45, 7) is 5.12. The quantitative estimate of drug-likeness (QED) is 0.719. The Labute approximate surface area is 73.0 Å². The van der Waals surface area contributed by atoms with Crippen LogP contribution in [0, 0.1) is 0 Å². The first-order valence-corrected chi connectivity index (χ1v) is 4.30. The number of aromatic nitrogens is 3. The van der Waals surface area contributed by atoms with Gasteiger partial charge in [-0.05, 0) is 13.3 Å². The second kappa shape index (κ2) is 4.21. The van der Waals surface area contributed by atoms with E-state index in [9.17, 15) is 0 Å². The lowest BCUT2D eigenvalue weighted by molar-refractivity contribution is 0.510. The van der Waals surface area contributed by atoms with Crippen LogP contribution >= 0.6 is 0 Å². The van der Waals surface area contributed by atoms with E-state index in [1.165, 1.54) is 0 Å². The molecule has 0 fully saturated rings. The lowest BCUT2D eigenvalue weighted by Crippen LogP contribution is -2.26. The van der Waals surface area contributed by atoms with Crippen molar-refractivity contribution in [1.82, 2.24) is 20.1 Å². The van der Waals surface area contributed by atoms with Gasteiger partial charge in [0.1, 0.15) is 12.2 Å². The lowest BCUT2D eigenvalue weighted by Gasteiger charge is -2.09. The van der Waals surface area contributed by atoms with E-state index in [0.717, 1.165) is 18.8 Å². The van der Waals surface area contributed by atoms with E-state index in [0.29, 0.717) is 6.04 Å². The standard InChI is InChI=1S/C8H16N4/c1-4-7(2)9-5-8-10-6-11-12(8)3/h6-7,9H,4-5H2,1-3H3. The summed E-state index contributed by atoms with van der Waals surface area (Å²) in [4.78, 5) is 4.11. The first-order valence-electron chi connectivity index (χ1n) is 4.30. The zero-order valence-electron chi connectivity index (χ0n) is 7.91. The summed E-state index contributed by atoms with van der Waals surface area (Å²) in [5.41, 5.74) is 0. The molecule has 1 rings (SSSR count). The number of hydrogen-bond acceptors (Lipinski definition) is 3. The van der Waals surface area contributed by atoms with Gasteiger partial charge in [-0.25, -0.2) is 4.98 Å². The second-order valence-corrected chi connectivity index (χ2v) is 2.99. The first-order chi connectivity index (χ1) is 5.74. The Morgan fingerprint density at radius 1 is 1.67 bits per heavy atom. The van der Waals surface area contributed by atoms with Gasteiger partial charge in [0.05, 0.1) is 6.54 Å². The summed E-state index contributed by atoms with van der Waals surface area (Å²) in [5, 5.41) is 7.34. The molecule has 0 bridgehead atoms. The topological polar surface area (TPSA) is 42.7 Å². The maximum Gasteiger partial charge on any atom is 0.140 e. The van der Waals surface area contributed by atoms with Crippen LogP contribution in [0.15, 0.2) is 6.33 Å². The Balaban J connectivity index is 2.38. The molecule has 0 aromatic carbocycles. The Morgan fingerprint density at radius 2 is 2.42 bits per heavy atom. The van der Waals surface area contributed by atoms with E-state index in [1.54, 1.807) is 11.0 Å². The normalized spacial score (nSPS) is 13.2. The molecule has 1 aromatic heterocycles. The van der Waals surface area contributed by atoms with Gasteiger partial charge in [0.2, 0.25) is 0 Å². The van der Waals surface area contributed by atoms with E-state index in [4.69, 9.17) is 0 Å². The van der Waals surface area contributed by atoms with Gasteiger partial charge >= 0.3 is 0 Å². The summed E-state index contributed by atoms with van der Waals surface area (Å²) in [5.74, 6) is 0.982. The number of hydrogen-bond donors (Lipinski definition) is 1. The minimum atomic E-state index is 0.543. The fourth-order valence-electron chi connectivity index (χ4n) is 0.890. The average molecular weight is 168 g/mol. The molecule has 0 aliphatic carbocycles. The highest BCUT2D eigenvalue weighted by Gasteiger charge is 2.01. The molecule has 1 aromatic rings. The summed E-state index contributed by atoms with van der Waals surface area (Å²) >= 11 is 0. The molecule has 0 spiro atoms. The Morgan fingerprint density at radius 3 is 2.92 bits per heavy atom. The van der Waals surface area contributed by atoms with Crippen LogP contribution in [0.1, 0.15) is 26.1 Å². The van der Waals surface area contributed by atoms with Crippen LogP contribution in [0.3, 0.4) is 0 Å². The van der Waals surface area contributed by atoms with E-state index in [2.05, 4.69) is 29.2 Å². The molecule has 0 amide bonds. The van der Waals surface area contributed by atoms with Gasteiger partial charge < -0.3 is 5.32 Å². The highest BCUT2D eigenvalue weighted by Crippen LogP contribution is 1.93. The van der Waals surface area contributed by atoms with Crippen LogP contribution in [0.25, 0.3) is 0 Å². The summed E-state index contributed by atoms with van der Waals surface area (Å²) in [7, 11) is 1.90. The third-order valence-electron chi connectivity index (χ3n) is 2.03. The lowest BCUT2D eigenvalue weighted by atomic mass is 10.2. The largest absolute Gasteiger partial charge is 0.307 e. The number of nitrogens with one attached hydrogen (secondary N) is 1. The van der Waals surface area contributed by atoms with Crippen molar-refractivity contribution in [2.24, 2.45) is 7.05 Å². The van der Waals surface area contributed by atoms with Crippen LogP contribution in [0.5, 0.6) is 0 Å². The van der Waals surface area contributed by atoms with E-state index in [-0.39, 0.29) is 0 Å². The number of aryl methyl sites for hydroxylation is 1. The smallest absolute Gasteiger partial charge is 0.140 e. The zero-order valence-corrected chi connectivity index (χ0v) is 7.91. The van der Waals surface area contributed by atoms with E-state index in [1.807, 2.05) is 7.05 Å². The van der Waals surface area contributed by atoms with Gasteiger partial charge in [-0.1, -0.05) is 6.92 Å². The van der Waals surface area contributed by atoms with Crippen molar-refractivity contribution in [2.75, 3.05) is 0 Å². The molecule has 0 radical (unpaired) electrons. The van der Waals surface area contributed by atoms with E-state index >= 15 is 0 Å². The molecule has 0 saturated carbocycles. The molecular weight excluding hydrogens is 152 g/mol. The molecule has 1 heterocycles. The van der Waals surface area contributed by atoms with Crippen LogP contribution in [-0.4, -0.2) is 20.8 Å². The van der Waals surface area contributed by atoms with Crippen LogP contribution in [0.2, 0.25) is 0 Å². The fraction of sp³-hybridized carbons (Fsp3) is 0.750. The predicted molar refractivity (Wildman–Crippen MR) is 47.6 cm³/mol. The Hall–Kier alpha value is -0.900. The molecule has 12 heavy (non-hydrogen) atoms. The van der Waals surface area contributed by atoms with Crippen molar-refractivity contribution in [3.8, 4) is 0 Å². The monoisotopic (exact) mass is 168 g/mol. The Bertz CT molecular complexity index is 231. The van der Waals surface area contributed by atoms with Crippen molar-refractivity contribution in [1.29, 1.82) is 0 Å². The van der Waals surface area contributed by atoms with Crippen LogP contribution in [0.4, 0.5) is 0 Å². The minimum absolute atomic E-state index is 0.543. The van der Waals surface area contributed by atoms with Gasteiger partial charge in [-0.15, -0.1) is 0 Å². The highest BCUT2D eigenvalue weighted by atomic mass is 15.3. The molecule has 1 N–H and O–H groups in total. The van der Waals surface area contributed by atoms with Gasteiger partial charge in [0.15, 0.2) is 0 Å². The molecule has 4 heteroatoms. The maximum absolute atomic E-state index is 4.11. The first kappa shape index (κ1) is 9.19. The summed E-state index contributed by atoms with van der Waals surface area (Å²) in [6.07, 6.45) is 2.71. The summed E-state index contributed by atoms with van der Waals surface area (Å²) < 4.78 is 1.79. The molecule has 68 valence electrons. The third-order valence-corrected chi connectivity index (χ3v) is 2.03. The molecule has 0 aliphatic rings. The van der Waals surface area contributed by atoms with Gasteiger partial charge in [-0.3, -0.25) is 4.68 Å². The van der Waals surface area contributed by atoms with Crippen LogP contribution in [-0.2, 0) is 13.6 Å². The molecule has 4 nitrogen and oxygen atoms in total. The van der Waals surface area contributed by atoms with Crippen molar-refractivity contribution < 1.29 is 0 Å². The van der Waals surface area contributed by atoms with E-state index < -0.39 is 0 Å². The van der Waals surface area contributed by atoms with Gasteiger partial charge in [0, 0.05) is 13.1 Å². The molecule has 1 unspecified atom stereocenters. The maximum atomic E-state index is 4.11. The van der Waals surface area contributed by atoms with Gasteiger partial charge in [0.25, 0.3) is 0 Å². The molecular formula is C8H16N4. The fourth-order valence-corrected chi connectivity index (χ4v) is 0.890. The SMILES string of the molecule is CCC(C)NCc1ncnn1C. The third kappa shape index (κ3) is 2.30. The van der Waals surface area contributed by atoms with Crippen molar-refractivity contribution in [2.45, 2.75) is 32.9 Å². The molecule has 0 aliphatic heterocycles. The minimum Gasteiger partial charge on any atom is -0.307 e. The number of rotatable bonds is 4. The van der Waals surface area contributed by atoms with Crippen molar-refractivity contribution in [3.05, 3.63) is 12.2 Å². The van der Waals surface area contributed by atoms with Crippen molar-refractivity contribution in [3.63, 3.8) is 0 Å². The zero-order chi connectivity index (χ0) is 8.97. The molecule has 0 saturated heterocycles. The second-order valence-electron chi connectivity index (χ2n) is 2.99. The average Bonchev–Trinajstić information content (AvgIpc) is 2.47. The summed E-state index contributed by atoms with van der Waals surface area (Å²) in [6, 6.07) is 0.543. The van der Waals surface area contributed by atoms with Crippen molar-refractivity contribution >= 4 is 0 Å². The predicted octanol–water partition coefficient (Wildman–Crippen LogP) is 0.703. The number of nitrogens with zero attached hydrogens (tertiary/aromatic N) is 3. The Kier molecular flexibility index (Phi) is 3.22.